The average Bonchev–Trinajstić information content (AvgIpc) is 3.13. The third-order valence-electron chi connectivity index (χ3n) is 3.81. The number of piperidine rings is 1. The summed E-state index contributed by atoms with van der Waals surface area (Å²) in [5.74, 6) is 0.157. The Morgan fingerprint density at radius 2 is 2.11 bits per heavy atom. The molecule has 0 unspecified atom stereocenters. The van der Waals surface area contributed by atoms with Gasteiger partial charge in [-0.1, -0.05) is 12.2 Å². The monoisotopic (exact) mass is 287 g/mol. The Labute approximate surface area is 118 Å². The highest BCUT2D eigenvalue weighted by atomic mass is 32.2. The van der Waals surface area contributed by atoms with E-state index in [1.807, 2.05) is 0 Å². The maximum atomic E-state index is 11.7. The van der Waals surface area contributed by atoms with Gasteiger partial charge in [-0.05, 0) is 31.9 Å². The van der Waals surface area contributed by atoms with Gasteiger partial charge in [0.1, 0.15) is 0 Å². The van der Waals surface area contributed by atoms with Crippen molar-refractivity contribution in [2.24, 2.45) is 5.73 Å². The van der Waals surface area contributed by atoms with E-state index in [0.29, 0.717) is 17.6 Å². The van der Waals surface area contributed by atoms with Gasteiger partial charge in [0.05, 0.1) is 16.3 Å². The van der Waals surface area contributed by atoms with E-state index in [4.69, 9.17) is 18.0 Å². The summed E-state index contributed by atoms with van der Waals surface area (Å²) in [5.41, 5.74) is 5.85. The number of carbonyl (C=O) groups excluding carboxylic acids is 1. The van der Waals surface area contributed by atoms with Gasteiger partial charge in [-0.2, -0.15) is 11.8 Å². The van der Waals surface area contributed by atoms with Crippen molar-refractivity contribution in [3.05, 3.63) is 0 Å². The van der Waals surface area contributed by atoms with Crippen LogP contribution in [0, 0.1) is 0 Å². The fourth-order valence-corrected chi connectivity index (χ4v) is 3.57. The lowest BCUT2D eigenvalue weighted by Gasteiger charge is -2.39. The SMILES string of the molecule is CSC1(C(N)=S)CCN(CC(=O)NC2CC2)CC1. The smallest absolute Gasteiger partial charge is 0.234 e. The lowest BCUT2D eigenvalue weighted by atomic mass is 9.95. The number of amides is 1. The van der Waals surface area contributed by atoms with Gasteiger partial charge in [-0.25, -0.2) is 0 Å². The number of hydrogen-bond donors (Lipinski definition) is 2. The van der Waals surface area contributed by atoms with Crippen LogP contribution >= 0.6 is 24.0 Å². The zero-order valence-corrected chi connectivity index (χ0v) is 12.4. The molecule has 0 radical (unpaired) electrons. The number of carbonyl (C=O) groups is 1. The van der Waals surface area contributed by atoms with Crippen molar-refractivity contribution in [1.29, 1.82) is 0 Å². The number of hydrogen-bond acceptors (Lipinski definition) is 4. The molecule has 0 atom stereocenters. The van der Waals surface area contributed by atoms with Crippen LogP contribution in [0.1, 0.15) is 25.7 Å². The molecule has 2 fully saturated rings. The van der Waals surface area contributed by atoms with Crippen LogP contribution in [0.3, 0.4) is 0 Å². The van der Waals surface area contributed by atoms with Gasteiger partial charge in [-0.3, -0.25) is 9.69 Å². The topological polar surface area (TPSA) is 58.4 Å². The van der Waals surface area contributed by atoms with E-state index in [1.54, 1.807) is 11.8 Å². The summed E-state index contributed by atoms with van der Waals surface area (Å²) in [7, 11) is 0. The first-order valence-corrected chi connectivity index (χ1v) is 8.06. The summed E-state index contributed by atoms with van der Waals surface area (Å²) >= 11 is 6.93. The fraction of sp³-hybridized carbons (Fsp3) is 0.833. The zero-order chi connectivity index (χ0) is 13.2. The van der Waals surface area contributed by atoms with Gasteiger partial charge in [0.25, 0.3) is 0 Å². The molecule has 2 rings (SSSR count). The van der Waals surface area contributed by atoms with Crippen LogP contribution in [0.5, 0.6) is 0 Å². The molecule has 0 aromatic carbocycles. The predicted molar refractivity (Wildman–Crippen MR) is 79.9 cm³/mol. The summed E-state index contributed by atoms with van der Waals surface area (Å²) in [6.45, 7) is 2.31. The zero-order valence-electron chi connectivity index (χ0n) is 10.8. The molecule has 0 aromatic heterocycles. The largest absolute Gasteiger partial charge is 0.392 e. The summed E-state index contributed by atoms with van der Waals surface area (Å²) in [5, 5.41) is 3.02. The van der Waals surface area contributed by atoms with Gasteiger partial charge >= 0.3 is 0 Å². The standard InChI is InChI=1S/C12H21N3OS2/c1-18-12(11(13)17)4-6-15(7-5-12)8-10(16)14-9-2-3-9/h9H,2-8H2,1H3,(H2,13,17)(H,14,16). The second-order valence-corrected chi connectivity index (χ2v) is 6.81. The molecule has 1 heterocycles. The molecule has 0 aromatic rings. The third kappa shape index (κ3) is 3.36. The first-order chi connectivity index (χ1) is 8.55. The molecule has 1 saturated carbocycles. The fourth-order valence-electron chi connectivity index (χ4n) is 2.33. The Hall–Kier alpha value is -0.330. The number of thioether (sulfide) groups is 1. The van der Waals surface area contributed by atoms with E-state index in [1.165, 1.54) is 0 Å². The van der Waals surface area contributed by atoms with Crippen molar-refractivity contribution in [3.63, 3.8) is 0 Å². The first kappa shape index (κ1) is 14.1. The van der Waals surface area contributed by atoms with E-state index < -0.39 is 0 Å². The van der Waals surface area contributed by atoms with Gasteiger partial charge in [0, 0.05) is 19.1 Å². The molecule has 0 bridgehead atoms. The van der Waals surface area contributed by atoms with Gasteiger partial charge in [-0.15, -0.1) is 0 Å². The molecular formula is C12H21N3OS2. The van der Waals surface area contributed by atoms with E-state index >= 15 is 0 Å². The van der Waals surface area contributed by atoms with Gasteiger partial charge < -0.3 is 11.1 Å². The maximum absolute atomic E-state index is 11.7. The highest BCUT2D eigenvalue weighted by Crippen LogP contribution is 2.34. The summed E-state index contributed by atoms with van der Waals surface area (Å²) in [4.78, 5) is 14.5. The summed E-state index contributed by atoms with van der Waals surface area (Å²) < 4.78 is -0.0567. The number of nitrogens with one attached hydrogen (secondary N) is 1. The third-order valence-corrected chi connectivity index (χ3v) is 5.74. The van der Waals surface area contributed by atoms with E-state index in [9.17, 15) is 4.79 Å². The van der Waals surface area contributed by atoms with Crippen LogP contribution in [0.4, 0.5) is 0 Å². The molecule has 18 heavy (non-hydrogen) atoms. The lowest BCUT2D eigenvalue weighted by molar-refractivity contribution is -0.122. The number of nitrogens with zero attached hydrogens (tertiary/aromatic N) is 1. The minimum atomic E-state index is -0.0567. The molecule has 1 amide bonds. The molecule has 1 aliphatic heterocycles. The van der Waals surface area contributed by atoms with E-state index in [-0.39, 0.29) is 10.7 Å². The van der Waals surface area contributed by atoms with Crippen molar-refractivity contribution in [2.75, 3.05) is 25.9 Å². The van der Waals surface area contributed by atoms with Crippen LogP contribution in [0.2, 0.25) is 0 Å². The molecule has 1 saturated heterocycles. The maximum Gasteiger partial charge on any atom is 0.234 e. The predicted octanol–water partition coefficient (Wildman–Crippen LogP) is 0.749. The lowest BCUT2D eigenvalue weighted by Crippen LogP contribution is -2.51. The normalized spacial score (nSPS) is 23.6. The molecule has 4 nitrogen and oxygen atoms in total. The van der Waals surface area contributed by atoms with Crippen molar-refractivity contribution >= 4 is 34.9 Å². The van der Waals surface area contributed by atoms with Crippen molar-refractivity contribution in [1.82, 2.24) is 10.2 Å². The molecule has 2 aliphatic rings. The average molecular weight is 287 g/mol. The van der Waals surface area contributed by atoms with Crippen LogP contribution in [-0.2, 0) is 4.79 Å². The number of likely N-dealkylation sites (tertiary alicyclic amines) is 1. The highest BCUT2D eigenvalue weighted by molar-refractivity contribution is 8.02. The Morgan fingerprint density at radius 1 is 1.50 bits per heavy atom. The second-order valence-electron chi connectivity index (χ2n) is 5.18. The Balaban J connectivity index is 1.78. The van der Waals surface area contributed by atoms with E-state index in [2.05, 4.69) is 16.5 Å². The van der Waals surface area contributed by atoms with Crippen LogP contribution in [-0.4, -0.2) is 52.5 Å². The molecule has 6 heteroatoms. The number of nitrogens with two attached hydrogens (primary N) is 1. The minimum Gasteiger partial charge on any atom is -0.392 e. The Morgan fingerprint density at radius 3 is 2.56 bits per heavy atom. The van der Waals surface area contributed by atoms with Crippen molar-refractivity contribution in [3.8, 4) is 0 Å². The highest BCUT2D eigenvalue weighted by Gasteiger charge is 2.37. The minimum absolute atomic E-state index is 0.0567. The van der Waals surface area contributed by atoms with Crippen molar-refractivity contribution < 1.29 is 4.79 Å². The Kier molecular flexibility index (Phi) is 4.50. The van der Waals surface area contributed by atoms with Crippen LogP contribution in [0.15, 0.2) is 0 Å². The molecule has 0 spiro atoms. The van der Waals surface area contributed by atoms with Gasteiger partial charge in [0.15, 0.2) is 0 Å². The summed E-state index contributed by atoms with van der Waals surface area (Å²) in [6.07, 6.45) is 6.24. The Bertz CT molecular complexity index is 336. The van der Waals surface area contributed by atoms with Crippen molar-refractivity contribution in [2.45, 2.75) is 36.5 Å². The van der Waals surface area contributed by atoms with Crippen LogP contribution < -0.4 is 11.1 Å². The van der Waals surface area contributed by atoms with Crippen LogP contribution in [0.25, 0.3) is 0 Å². The van der Waals surface area contributed by atoms with E-state index in [0.717, 1.165) is 38.8 Å². The molecule has 3 N–H and O–H groups in total. The van der Waals surface area contributed by atoms with Gasteiger partial charge in [0.2, 0.25) is 5.91 Å². The molecular weight excluding hydrogens is 266 g/mol. The quantitative estimate of drug-likeness (QED) is 0.731. The molecule has 102 valence electrons. The first-order valence-electron chi connectivity index (χ1n) is 6.42. The molecule has 1 aliphatic carbocycles. The number of thiocarbonyl (C=S) groups is 1. The second kappa shape index (κ2) is 5.75. The summed E-state index contributed by atoms with van der Waals surface area (Å²) in [6, 6.07) is 0.448. The number of rotatable bonds is 5.